The van der Waals surface area contributed by atoms with Gasteiger partial charge in [-0.05, 0) is 31.0 Å². The molecule has 0 aliphatic rings. The number of rotatable bonds is 7. The number of aryl methyl sites for hydroxylation is 2. The van der Waals surface area contributed by atoms with Crippen LogP contribution >= 0.6 is 0 Å². The van der Waals surface area contributed by atoms with Crippen molar-refractivity contribution in [2.45, 2.75) is 26.3 Å². The maximum absolute atomic E-state index is 12.1. The smallest absolute Gasteiger partial charge is 0.222 e. The SMILES string of the molecule is Cc1cccc(OCCCC(=O)N(C)Cc2cnn(C)c2)c1. The van der Waals surface area contributed by atoms with Crippen LogP contribution in [0.5, 0.6) is 5.75 Å². The molecule has 2 aromatic rings. The highest BCUT2D eigenvalue weighted by Crippen LogP contribution is 2.13. The Bertz CT molecular complexity index is 622. The predicted octanol–water partition coefficient (Wildman–Crippen LogP) is 2.55. The number of ether oxygens (including phenoxy) is 1. The van der Waals surface area contributed by atoms with E-state index in [0.717, 1.165) is 11.3 Å². The van der Waals surface area contributed by atoms with Crippen molar-refractivity contribution in [3.05, 3.63) is 47.8 Å². The van der Waals surface area contributed by atoms with Crippen molar-refractivity contribution < 1.29 is 9.53 Å². The van der Waals surface area contributed by atoms with Crippen LogP contribution in [-0.2, 0) is 18.4 Å². The van der Waals surface area contributed by atoms with Gasteiger partial charge in [0.05, 0.1) is 12.8 Å². The van der Waals surface area contributed by atoms with Crippen molar-refractivity contribution in [3.8, 4) is 5.75 Å². The third-order valence-corrected chi connectivity index (χ3v) is 3.40. The van der Waals surface area contributed by atoms with E-state index in [0.29, 0.717) is 26.0 Å². The molecule has 0 saturated heterocycles. The largest absolute Gasteiger partial charge is 0.494 e. The summed E-state index contributed by atoms with van der Waals surface area (Å²) in [6.07, 6.45) is 4.90. The summed E-state index contributed by atoms with van der Waals surface area (Å²) in [5.41, 5.74) is 2.21. The van der Waals surface area contributed by atoms with E-state index in [1.54, 1.807) is 15.8 Å². The minimum absolute atomic E-state index is 0.122. The molecule has 0 aliphatic heterocycles. The Kier molecular flexibility index (Phi) is 5.58. The van der Waals surface area contributed by atoms with Crippen LogP contribution in [0.4, 0.5) is 0 Å². The Balaban J connectivity index is 1.68. The van der Waals surface area contributed by atoms with Gasteiger partial charge in [0.15, 0.2) is 0 Å². The normalized spacial score (nSPS) is 10.5. The lowest BCUT2D eigenvalue weighted by atomic mass is 10.2. The van der Waals surface area contributed by atoms with E-state index in [1.807, 2.05) is 51.5 Å². The molecule has 0 atom stereocenters. The molecule has 118 valence electrons. The first-order valence-corrected chi connectivity index (χ1v) is 7.45. The highest BCUT2D eigenvalue weighted by atomic mass is 16.5. The molecule has 0 bridgehead atoms. The second-order valence-corrected chi connectivity index (χ2v) is 5.54. The molecule has 5 heteroatoms. The Morgan fingerprint density at radius 1 is 1.41 bits per heavy atom. The molecule has 1 heterocycles. The third-order valence-electron chi connectivity index (χ3n) is 3.40. The van der Waals surface area contributed by atoms with Crippen molar-refractivity contribution in [1.29, 1.82) is 0 Å². The van der Waals surface area contributed by atoms with Crippen LogP contribution in [0.15, 0.2) is 36.7 Å². The number of benzene rings is 1. The quantitative estimate of drug-likeness (QED) is 0.738. The first-order valence-electron chi connectivity index (χ1n) is 7.45. The van der Waals surface area contributed by atoms with Gasteiger partial charge in [-0.3, -0.25) is 9.48 Å². The molecule has 5 nitrogen and oxygen atoms in total. The highest BCUT2D eigenvalue weighted by Gasteiger charge is 2.10. The highest BCUT2D eigenvalue weighted by molar-refractivity contribution is 5.75. The van der Waals surface area contributed by atoms with Crippen LogP contribution in [0.2, 0.25) is 0 Å². The molecule has 0 radical (unpaired) electrons. The molecular weight excluding hydrogens is 278 g/mol. The number of carbonyl (C=O) groups excluding carboxylic acids is 1. The number of hydrogen-bond donors (Lipinski definition) is 0. The number of amides is 1. The summed E-state index contributed by atoms with van der Waals surface area (Å²) in [7, 11) is 3.69. The van der Waals surface area contributed by atoms with E-state index in [4.69, 9.17) is 4.74 Å². The fourth-order valence-corrected chi connectivity index (χ4v) is 2.22. The number of hydrogen-bond acceptors (Lipinski definition) is 3. The molecule has 1 aromatic carbocycles. The van der Waals surface area contributed by atoms with Crippen molar-refractivity contribution >= 4 is 5.91 Å². The molecule has 0 aliphatic carbocycles. The lowest BCUT2D eigenvalue weighted by molar-refractivity contribution is -0.130. The van der Waals surface area contributed by atoms with Crippen LogP contribution < -0.4 is 4.74 Å². The summed E-state index contributed by atoms with van der Waals surface area (Å²) in [4.78, 5) is 13.8. The van der Waals surface area contributed by atoms with E-state index in [-0.39, 0.29) is 5.91 Å². The zero-order chi connectivity index (χ0) is 15.9. The van der Waals surface area contributed by atoms with E-state index >= 15 is 0 Å². The van der Waals surface area contributed by atoms with Gasteiger partial charge in [0, 0.05) is 38.8 Å². The van der Waals surface area contributed by atoms with Gasteiger partial charge >= 0.3 is 0 Å². The van der Waals surface area contributed by atoms with E-state index in [1.165, 1.54) is 5.56 Å². The minimum atomic E-state index is 0.122. The van der Waals surface area contributed by atoms with Crippen molar-refractivity contribution in [3.63, 3.8) is 0 Å². The molecule has 0 fully saturated rings. The first-order chi connectivity index (χ1) is 10.5. The van der Waals surface area contributed by atoms with Crippen molar-refractivity contribution in [1.82, 2.24) is 14.7 Å². The summed E-state index contributed by atoms with van der Waals surface area (Å²) in [5.74, 6) is 0.979. The van der Waals surface area contributed by atoms with E-state index in [2.05, 4.69) is 5.10 Å². The average Bonchev–Trinajstić information content (AvgIpc) is 2.88. The summed E-state index contributed by atoms with van der Waals surface area (Å²) >= 11 is 0. The molecule has 0 unspecified atom stereocenters. The standard InChI is InChI=1S/C17H23N3O2/c1-14-6-4-7-16(10-14)22-9-5-8-17(21)19(2)12-15-11-18-20(3)13-15/h4,6-7,10-11,13H,5,8-9,12H2,1-3H3. The molecule has 0 N–H and O–H groups in total. The topological polar surface area (TPSA) is 47.4 Å². The average molecular weight is 301 g/mol. The Morgan fingerprint density at radius 3 is 2.91 bits per heavy atom. The molecular formula is C17H23N3O2. The number of carbonyl (C=O) groups is 1. The van der Waals surface area contributed by atoms with Crippen LogP contribution in [0.3, 0.4) is 0 Å². The Morgan fingerprint density at radius 2 is 2.23 bits per heavy atom. The van der Waals surface area contributed by atoms with Crippen LogP contribution in [0, 0.1) is 6.92 Å². The molecule has 1 amide bonds. The number of aromatic nitrogens is 2. The zero-order valence-electron chi connectivity index (χ0n) is 13.5. The van der Waals surface area contributed by atoms with Crippen LogP contribution in [0.1, 0.15) is 24.0 Å². The van der Waals surface area contributed by atoms with E-state index < -0.39 is 0 Å². The van der Waals surface area contributed by atoms with Gasteiger partial charge < -0.3 is 9.64 Å². The minimum Gasteiger partial charge on any atom is -0.494 e. The third kappa shape index (κ3) is 4.91. The maximum Gasteiger partial charge on any atom is 0.222 e. The second-order valence-electron chi connectivity index (χ2n) is 5.54. The van der Waals surface area contributed by atoms with Gasteiger partial charge in [0.25, 0.3) is 0 Å². The van der Waals surface area contributed by atoms with Gasteiger partial charge in [-0.25, -0.2) is 0 Å². The van der Waals surface area contributed by atoms with Crippen LogP contribution in [-0.4, -0.2) is 34.2 Å². The van der Waals surface area contributed by atoms with Gasteiger partial charge in [0.2, 0.25) is 5.91 Å². The summed E-state index contributed by atoms with van der Waals surface area (Å²) < 4.78 is 7.39. The molecule has 1 aromatic heterocycles. The predicted molar refractivity (Wildman–Crippen MR) is 85.6 cm³/mol. The zero-order valence-corrected chi connectivity index (χ0v) is 13.5. The maximum atomic E-state index is 12.1. The Hall–Kier alpha value is -2.30. The van der Waals surface area contributed by atoms with Gasteiger partial charge in [-0.1, -0.05) is 12.1 Å². The fourth-order valence-electron chi connectivity index (χ4n) is 2.22. The molecule has 0 saturated carbocycles. The Labute approximate surface area is 131 Å². The summed E-state index contributed by atoms with van der Waals surface area (Å²) in [6, 6.07) is 7.93. The first kappa shape index (κ1) is 16.1. The monoisotopic (exact) mass is 301 g/mol. The fraction of sp³-hybridized carbons (Fsp3) is 0.412. The van der Waals surface area contributed by atoms with Gasteiger partial charge in [-0.2, -0.15) is 5.10 Å². The molecule has 22 heavy (non-hydrogen) atoms. The summed E-state index contributed by atoms with van der Waals surface area (Å²) in [5, 5.41) is 4.10. The summed E-state index contributed by atoms with van der Waals surface area (Å²) in [6.45, 7) is 3.17. The number of nitrogens with zero attached hydrogens (tertiary/aromatic N) is 3. The lowest BCUT2D eigenvalue weighted by Gasteiger charge is -2.16. The second kappa shape index (κ2) is 7.64. The molecule has 2 rings (SSSR count). The van der Waals surface area contributed by atoms with Crippen molar-refractivity contribution in [2.75, 3.05) is 13.7 Å². The van der Waals surface area contributed by atoms with Crippen LogP contribution in [0.25, 0.3) is 0 Å². The van der Waals surface area contributed by atoms with Gasteiger partial charge in [-0.15, -0.1) is 0 Å². The van der Waals surface area contributed by atoms with Gasteiger partial charge in [0.1, 0.15) is 5.75 Å². The van der Waals surface area contributed by atoms with E-state index in [9.17, 15) is 4.79 Å². The van der Waals surface area contributed by atoms with Crippen molar-refractivity contribution in [2.24, 2.45) is 7.05 Å². The lowest BCUT2D eigenvalue weighted by Crippen LogP contribution is -2.26. The molecule has 0 spiro atoms.